The number of nitrogens with zero attached hydrogens (tertiary/aromatic N) is 1. The standard InChI is InChI=1S/C22H29FN2O4/c1-2-25(13-20(26)24-12-15-4-7-19(23)8-5-15)21(27)14-29-22(28)11-18-10-16-3-6-17(18)9-16/h4-5,7-8,16-18H,2-3,6,9-14H2,1H3,(H,24,26)/t16-,17+,18-/m0/s1. The maximum Gasteiger partial charge on any atom is 0.306 e. The third-order valence-corrected chi connectivity index (χ3v) is 6.14. The average molecular weight is 404 g/mol. The molecule has 0 spiro atoms. The molecule has 0 aromatic heterocycles. The Morgan fingerprint density at radius 2 is 1.93 bits per heavy atom. The number of ether oxygens (including phenoxy) is 1. The van der Waals surface area contributed by atoms with Crippen LogP contribution in [-0.2, 0) is 25.7 Å². The minimum Gasteiger partial charge on any atom is -0.456 e. The second-order valence-electron chi connectivity index (χ2n) is 8.11. The lowest BCUT2D eigenvalue weighted by atomic mass is 9.86. The number of carbonyl (C=O) groups excluding carboxylic acids is 3. The van der Waals surface area contributed by atoms with Gasteiger partial charge in [0.15, 0.2) is 6.61 Å². The third kappa shape index (κ3) is 6.02. The zero-order valence-corrected chi connectivity index (χ0v) is 16.9. The van der Waals surface area contributed by atoms with Crippen LogP contribution in [0.5, 0.6) is 0 Å². The number of amides is 2. The number of benzene rings is 1. The molecular formula is C22H29FN2O4. The molecule has 158 valence electrons. The summed E-state index contributed by atoms with van der Waals surface area (Å²) >= 11 is 0. The molecule has 0 aliphatic heterocycles. The molecule has 2 bridgehead atoms. The van der Waals surface area contributed by atoms with E-state index in [-0.39, 0.29) is 43.3 Å². The molecule has 3 atom stereocenters. The largest absolute Gasteiger partial charge is 0.456 e. The monoisotopic (exact) mass is 404 g/mol. The van der Waals surface area contributed by atoms with Crippen molar-refractivity contribution in [3.05, 3.63) is 35.6 Å². The van der Waals surface area contributed by atoms with Crippen molar-refractivity contribution in [2.24, 2.45) is 17.8 Å². The molecule has 0 saturated heterocycles. The quantitative estimate of drug-likeness (QED) is 0.642. The summed E-state index contributed by atoms with van der Waals surface area (Å²) in [7, 11) is 0. The highest BCUT2D eigenvalue weighted by atomic mass is 19.1. The summed E-state index contributed by atoms with van der Waals surface area (Å²) in [5, 5.41) is 2.70. The van der Waals surface area contributed by atoms with Crippen molar-refractivity contribution in [3.63, 3.8) is 0 Å². The van der Waals surface area contributed by atoms with Crippen LogP contribution in [0.15, 0.2) is 24.3 Å². The van der Waals surface area contributed by atoms with Gasteiger partial charge >= 0.3 is 5.97 Å². The molecule has 7 heteroatoms. The van der Waals surface area contributed by atoms with Crippen molar-refractivity contribution in [3.8, 4) is 0 Å². The van der Waals surface area contributed by atoms with E-state index in [9.17, 15) is 18.8 Å². The molecule has 2 aliphatic rings. The van der Waals surface area contributed by atoms with E-state index in [1.807, 2.05) is 0 Å². The van der Waals surface area contributed by atoms with Crippen molar-refractivity contribution in [1.82, 2.24) is 10.2 Å². The van der Waals surface area contributed by atoms with Crippen LogP contribution in [0.1, 0.15) is 44.6 Å². The van der Waals surface area contributed by atoms with Gasteiger partial charge < -0.3 is 15.0 Å². The molecule has 6 nitrogen and oxygen atoms in total. The van der Waals surface area contributed by atoms with E-state index < -0.39 is 0 Å². The Balaban J connectivity index is 1.37. The van der Waals surface area contributed by atoms with Crippen LogP contribution in [0.4, 0.5) is 4.39 Å². The number of nitrogens with one attached hydrogen (secondary N) is 1. The molecule has 3 rings (SSSR count). The maximum atomic E-state index is 12.9. The van der Waals surface area contributed by atoms with Crippen LogP contribution >= 0.6 is 0 Å². The molecule has 2 aliphatic carbocycles. The van der Waals surface area contributed by atoms with Gasteiger partial charge in [-0.2, -0.15) is 0 Å². The number of halogens is 1. The molecule has 1 N–H and O–H groups in total. The molecule has 2 amide bonds. The Kier molecular flexibility index (Phi) is 7.23. The summed E-state index contributed by atoms with van der Waals surface area (Å²) in [5.74, 6) is 0.439. The van der Waals surface area contributed by atoms with Gasteiger partial charge in [-0.15, -0.1) is 0 Å². The van der Waals surface area contributed by atoms with Gasteiger partial charge in [-0.3, -0.25) is 14.4 Å². The number of carbonyl (C=O) groups is 3. The van der Waals surface area contributed by atoms with Gasteiger partial charge in [0.1, 0.15) is 5.82 Å². The Morgan fingerprint density at radius 3 is 2.55 bits per heavy atom. The molecule has 1 aromatic rings. The summed E-state index contributed by atoms with van der Waals surface area (Å²) in [6.45, 7) is 1.91. The molecule has 0 heterocycles. The Morgan fingerprint density at radius 1 is 1.17 bits per heavy atom. The summed E-state index contributed by atoms with van der Waals surface area (Å²) in [6, 6.07) is 5.84. The van der Waals surface area contributed by atoms with Crippen LogP contribution < -0.4 is 5.32 Å². The first-order valence-corrected chi connectivity index (χ1v) is 10.4. The van der Waals surface area contributed by atoms with Gasteiger partial charge in [0.25, 0.3) is 5.91 Å². The highest BCUT2D eigenvalue weighted by Crippen LogP contribution is 2.49. The first-order chi connectivity index (χ1) is 13.9. The van der Waals surface area contributed by atoms with E-state index >= 15 is 0 Å². The zero-order chi connectivity index (χ0) is 20.8. The van der Waals surface area contributed by atoms with E-state index in [1.54, 1.807) is 19.1 Å². The Bertz CT molecular complexity index is 737. The lowest BCUT2D eigenvalue weighted by molar-refractivity contribution is -0.153. The van der Waals surface area contributed by atoms with Crippen LogP contribution in [0, 0.1) is 23.6 Å². The number of fused-ring (bicyclic) bond motifs is 2. The van der Waals surface area contributed by atoms with Crippen LogP contribution in [0.2, 0.25) is 0 Å². The number of hydrogen-bond donors (Lipinski definition) is 1. The summed E-state index contributed by atoms with van der Waals surface area (Å²) < 4.78 is 18.1. The topological polar surface area (TPSA) is 75.7 Å². The van der Waals surface area contributed by atoms with Crippen molar-refractivity contribution < 1.29 is 23.5 Å². The molecule has 29 heavy (non-hydrogen) atoms. The van der Waals surface area contributed by atoms with Gasteiger partial charge in [-0.1, -0.05) is 18.6 Å². The minimum atomic E-state index is -0.384. The van der Waals surface area contributed by atoms with Crippen molar-refractivity contribution in [2.45, 2.75) is 45.6 Å². The minimum absolute atomic E-state index is 0.111. The lowest BCUT2D eigenvalue weighted by Crippen LogP contribution is -2.42. The number of esters is 1. The Labute approximate surface area is 170 Å². The van der Waals surface area contributed by atoms with Crippen molar-refractivity contribution in [1.29, 1.82) is 0 Å². The van der Waals surface area contributed by atoms with E-state index in [0.717, 1.165) is 17.9 Å². The predicted octanol–water partition coefficient (Wildman–Crippen LogP) is 2.66. The highest BCUT2D eigenvalue weighted by molar-refractivity contribution is 5.86. The molecule has 2 saturated carbocycles. The van der Waals surface area contributed by atoms with Crippen molar-refractivity contribution >= 4 is 17.8 Å². The molecular weight excluding hydrogens is 375 g/mol. The zero-order valence-electron chi connectivity index (χ0n) is 16.9. The van der Waals surface area contributed by atoms with E-state index in [4.69, 9.17) is 4.74 Å². The highest BCUT2D eigenvalue weighted by Gasteiger charge is 2.40. The number of hydrogen-bond acceptors (Lipinski definition) is 4. The second-order valence-corrected chi connectivity index (χ2v) is 8.11. The number of likely N-dealkylation sites (N-methyl/N-ethyl adjacent to an activating group) is 1. The fraction of sp³-hybridized carbons (Fsp3) is 0.591. The van der Waals surface area contributed by atoms with Crippen LogP contribution in [-0.4, -0.2) is 42.4 Å². The SMILES string of the molecule is CCN(CC(=O)NCc1ccc(F)cc1)C(=O)COC(=O)C[C@@H]1C[C@H]2CC[C@@H]1C2. The van der Waals surface area contributed by atoms with Crippen LogP contribution in [0.3, 0.4) is 0 Å². The maximum absolute atomic E-state index is 12.9. The first kappa shape index (κ1) is 21.3. The van der Waals surface area contributed by atoms with Gasteiger partial charge in [0, 0.05) is 19.5 Å². The van der Waals surface area contributed by atoms with Crippen LogP contribution in [0.25, 0.3) is 0 Å². The first-order valence-electron chi connectivity index (χ1n) is 10.4. The number of rotatable bonds is 9. The van der Waals surface area contributed by atoms with Gasteiger partial charge in [-0.25, -0.2) is 4.39 Å². The third-order valence-electron chi connectivity index (χ3n) is 6.14. The molecule has 0 radical (unpaired) electrons. The van der Waals surface area contributed by atoms with Gasteiger partial charge in [0.2, 0.25) is 5.91 Å². The van der Waals surface area contributed by atoms with E-state index in [0.29, 0.717) is 24.8 Å². The van der Waals surface area contributed by atoms with E-state index in [2.05, 4.69) is 5.32 Å². The average Bonchev–Trinajstić information content (AvgIpc) is 3.33. The fourth-order valence-electron chi connectivity index (χ4n) is 4.54. The van der Waals surface area contributed by atoms with Crippen molar-refractivity contribution in [2.75, 3.05) is 19.7 Å². The summed E-state index contributed by atoms with van der Waals surface area (Å²) in [4.78, 5) is 37.9. The van der Waals surface area contributed by atoms with Gasteiger partial charge in [-0.05, 0) is 61.6 Å². The second kappa shape index (κ2) is 9.85. The summed E-state index contributed by atoms with van der Waals surface area (Å²) in [6.07, 6.45) is 5.21. The smallest absolute Gasteiger partial charge is 0.306 e. The molecule has 2 fully saturated rings. The lowest BCUT2D eigenvalue weighted by Gasteiger charge is -2.22. The van der Waals surface area contributed by atoms with E-state index in [1.165, 1.54) is 36.3 Å². The normalized spacial score (nSPS) is 22.3. The molecule has 1 aromatic carbocycles. The molecule has 0 unspecified atom stereocenters. The fourth-order valence-corrected chi connectivity index (χ4v) is 4.54. The summed E-state index contributed by atoms with van der Waals surface area (Å²) in [5.41, 5.74) is 0.767. The predicted molar refractivity (Wildman–Crippen MR) is 105 cm³/mol. The Hall–Kier alpha value is -2.44. The van der Waals surface area contributed by atoms with Gasteiger partial charge in [0.05, 0.1) is 6.54 Å².